The standard InChI is InChI=1S/C24H37N5O3/c1-5-8-22(28-17-25)26-10-9-21(30)16-27-23(31)19-13-18(4)14-20(15-19)24(32)29(11-6-2)12-7-3/h13-15,21,30H,5-12,16H2,1-4H3,(H,26,28)(H,27,31)/t21-/m0/s1. The van der Waals surface area contributed by atoms with Gasteiger partial charge in [-0.1, -0.05) is 20.8 Å². The summed E-state index contributed by atoms with van der Waals surface area (Å²) in [6, 6.07) is 5.15. The van der Waals surface area contributed by atoms with Gasteiger partial charge in [-0.25, -0.2) is 0 Å². The molecule has 0 unspecified atom stereocenters. The lowest BCUT2D eigenvalue weighted by atomic mass is 10.0. The van der Waals surface area contributed by atoms with Crippen LogP contribution in [0.1, 0.15) is 79.2 Å². The molecule has 0 aliphatic heterocycles. The number of nitrogens with zero attached hydrogens (tertiary/aromatic N) is 3. The van der Waals surface area contributed by atoms with E-state index in [-0.39, 0.29) is 18.4 Å². The molecule has 32 heavy (non-hydrogen) atoms. The van der Waals surface area contributed by atoms with Gasteiger partial charge in [-0.2, -0.15) is 10.3 Å². The molecule has 0 fully saturated rings. The minimum absolute atomic E-state index is 0.0699. The summed E-state index contributed by atoms with van der Waals surface area (Å²) in [5.74, 6) is 0.202. The third-order valence-electron chi connectivity index (χ3n) is 4.84. The van der Waals surface area contributed by atoms with Crippen molar-refractivity contribution in [3.05, 3.63) is 34.9 Å². The molecule has 0 heterocycles. The molecule has 0 radical (unpaired) electrons. The van der Waals surface area contributed by atoms with Gasteiger partial charge in [0, 0.05) is 43.7 Å². The van der Waals surface area contributed by atoms with Crippen LogP contribution in [0.3, 0.4) is 0 Å². The Morgan fingerprint density at radius 2 is 1.75 bits per heavy atom. The topological polar surface area (TPSA) is 118 Å². The molecular weight excluding hydrogens is 406 g/mol. The van der Waals surface area contributed by atoms with E-state index in [0.717, 1.165) is 24.8 Å². The van der Waals surface area contributed by atoms with E-state index in [9.17, 15) is 14.7 Å². The maximum Gasteiger partial charge on any atom is 0.253 e. The molecule has 2 amide bonds. The number of aliphatic imine (C=N–C) groups is 1. The van der Waals surface area contributed by atoms with Gasteiger partial charge in [0.25, 0.3) is 11.8 Å². The predicted octanol–water partition coefficient (Wildman–Crippen LogP) is 3.01. The number of benzene rings is 1. The second-order valence-corrected chi connectivity index (χ2v) is 7.87. The molecule has 0 saturated carbocycles. The second kappa shape index (κ2) is 15.0. The van der Waals surface area contributed by atoms with Crippen molar-refractivity contribution in [2.45, 2.75) is 65.9 Å². The summed E-state index contributed by atoms with van der Waals surface area (Å²) in [5.41, 5.74) is 1.74. The van der Waals surface area contributed by atoms with Crippen molar-refractivity contribution >= 4 is 17.6 Å². The van der Waals surface area contributed by atoms with Crippen LogP contribution in [0.5, 0.6) is 0 Å². The van der Waals surface area contributed by atoms with E-state index in [1.54, 1.807) is 24.4 Å². The minimum Gasteiger partial charge on any atom is -0.391 e. The third-order valence-corrected chi connectivity index (χ3v) is 4.84. The van der Waals surface area contributed by atoms with E-state index in [2.05, 4.69) is 15.6 Å². The number of aliphatic hydroxyl groups is 1. The number of carbonyl (C=O) groups excluding carboxylic acids is 2. The zero-order chi connectivity index (χ0) is 23.9. The highest BCUT2D eigenvalue weighted by Gasteiger charge is 2.17. The fourth-order valence-electron chi connectivity index (χ4n) is 3.35. The predicted molar refractivity (Wildman–Crippen MR) is 127 cm³/mol. The van der Waals surface area contributed by atoms with Gasteiger partial charge in [0.05, 0.1) is 6.10 Å². The van der Waals surface area contributed by atoms with Crippen molar-refractivity contribution in [2.75, 3.05) is 26.2 Å². The Hall–Kier alpha value is -2.92. The fourth-order valence-corrected chi connectivity index (χ4v) is 3.35. The molecule has 0 aromatic heterocycles. The summed E-state index contributed by atoms with van der Waals surface area (Å²) in [4.78, 5) is 31.1. The molecule has 3 N–H and O–H groups in total. The maximum atomic E-state index is 12.9. The number of amides is 2. The summed E-state index contributed by atoms with van der Waals surface area (Å²) in [6.07, 6.45) is 4.70. The van der Waals surface area contributed by atoms with Gasteiger partial charge in [0.1, 0.15) is 5.84 Å². The Morgan fingerprint density at radius 1 is 1.09 bits per heavy atom. The van der Waals surface area contributed by atoms with Crippen LogP contribution in [0.4, 0.5) is 0 Å². The zero-order valence-electron chi connectivity index (χ0n) is 19.8. The van der Waals surface area contributed by atoms with Gasteiger partial charge in [0.15, 0.2) is 0 Å². The van der Waals surface area contributed by atoms with Gasteiger partial charge in [-0.15, -0.1) is 0 Å². The number of carbonyl (C=O) groups is 2. The van der Waals surface area contributed by atoms with Crippen LogP contribution in [0.15, 0.2) is 23.2 Å². The van der Waals surface area contributed by atoms with E-state index < -0.39 is 6.10 Å². The van der Waals surface area contributed by atoms with Crippen molar-refractivity contribution in [1.82, 2.24) is 15.5 Å². The smallest absolute Gasteiger partial charge is 0.253 e. The number of rotatable bonds is 13. The Morgan fingerprint density at radius 3 is 2.34 bits per heavy atom. The molecule has 1 atom stereocenters. The molecule has 0 aliphatic carbocycles. The van der Waals surface area contributed by atoms with E-state index in [1.807, 2.05) is 32.6 Å². The lowest BCUT2D eigenvalue weighted by Crippen LogP contribution is -2.35. The number of amidine groups is 1. The first-order valence-electron chi connectivity index (χ1n) is 11.4. The van der Waals surface area contributed by atoms with Crippen molar-refractivity contribution in [3.63, 3.8) is 0 Å². The van der Waals surface area contributed by atoms with Crippen LogP contribution in [0.2, 0.25) is 0 Å². The SMILES string of the molecule is CCC/C(=N/C#N)NCC[C@H](O)CNC(=O)c1cc(C)cc(C(=O)N(CCC)CCC)c1. The normalized spacial score (nSPS) is 12.1. The van der Waals surface area contributed by atoms with Gasteiger partial charge in [-0.3, -0.25) is 9.59 Å². The highest BCUT2D eigenvalue weighted by Crippen LogP contribution is 2.13. The Kier molecular flexibility index (Phi) is 12.7. The zero-order valence-corrected chi connectivity index (χ0v) is 19.8. The van der Waals surface area contributed by atoms with Crippen molar-refractivity contribution in [2.24, 2.45) is 4.99 Å². The van der Waals surface area contributed by atoms with Crippen LogP contribution in [0.25, 0.3) is 0 Å². The van der Waals surface area contributed by atoms with Gasteiger partial charge in [0.2, 0.25) is 6.19 Å². The summed E-state index contributed by atoms with van der Waals surface area (Å²) in [6.45, 7) is 9.82. The number of hydrogen-bond donors (Lipinski definition) is 3. The second-order valence-electron chi connectivity index (χ2n) is 7.87. The number of nitriles is 1. The average molecular weight is 444 g/mol. The number of nitrogens with one attached hydrogen (secondary N) is 2. The first kappa shape index (κ1) is 27.1. The van der Waals surface area contributed by atoms with E-state index in [0.29, 0.717) is 49.4 Å². The minimum atomic E-state index is -0.744. The molecule has 0 bridgehead atoms. The molecule has 0 spiro atoms. The van der Waals surface area contributed by atoms with E-state index >= 15 is 0 Å². The van der Waals surface area contributed by atoms with Crippen LogP contribution in [-0.2, 0) is 0 Å². The fraction of sp³-hybridized carbons (Fsp3) is 0.583. The van der Waals surface area contributed by atoms with Crippen LogP contribution in [-0.4, -0.2) is 59.9 Å². The summed E-state index contributed by atoms with van der Waals surface area (Å²) < 4.78 is 0. The molecule has 1 aromatic carbocycles. The Bertz CT molecular complexity index is 810. The van der Waals surface area contributed by atoms with Crippen LogP contribution in [0, 0.1) is 18.4 Å². The third kappa shape index (κ3) is 9.48. The van der Waals surface area contributed by atoms with Crippen molar-refractivity contribution in [1.29, 1.82) is 5.26 Å². The molecule has 176 valence electrons. The van der Waals surface area contributed by atoms with Crippen LogP contribution < -0.4 is 10.6 Å². The van der Waals surface area contributed by atoms with Gasteiger partial charge in [-0.05, 0) is 56.4 Å². The molecule has 0 saturated heterocycles. The largest absolute Gasteiger partial charge is 0.391 e. The molecule has 1 aromatic rings. The first-order valence-corrected chi connectivity index (χ1v) is 11.4. The first-order chi connectivity index (χ1) is 15.4. The summed E-state index contributed by atoms with van der Waals surface area (Å²) in [5, 5.41) is 24.6. The number of hydrogen-bond acceptors (Lipinski definition) is 5. The highest BCUT2D eigenvalue weighted by atomic mass is 16.3. The van der Waals surface area contributed by atoms with E-state index in [1.165, 1.54) is 0 Å². The molecule has 1 rings (SSSR count). The molecular formula is C24H37N5O3. The number of aliphatic hydroxyl groups excluding tert-OH is 1. The van der Waals surface area contributed by atoms with Gasteiger partial charge >= 0.3 is 0 Å². The average Bonchev–Trinajstić information content (AvgIpc) is 2.76. The highest BCUT2D eigenvalue weighted by molar-refractivity contribution is 6.00. The molecule has 8 heteroatoms. The molecule has 8 nitrogen and oxygen atoms in total. The molecule has 0 aliphatic rings. The van der Waals surface area contributed by atoms with Crippen molar-refractivity contribution in [3.8, 4) is 6.19 Å². The lowest BCUT2D eigenvalue weighted by Gasteiger charge is -2.22. The number of aryl methyl sites for hydroxylation is 1. The van der Waals surface area contributed by atoms with Crippen molar-refractivity contribution < 1.29 is 14.7 Å². The lowest BCUT2D eigenvalue weighted by molar-refractivity contribution is 0.0755. The van der Waals surface area contributed by atoms with Gasteiger partial charge < -0.3 is 20.6 Å². The van der Waals surface area contributed by atoms with E-state index in [4.69, 9.17) is 5.26 Å². The maximum absolute atomic E-state index is 12.9. The quantitative estimate of drug-likeness (QED) is 0.246. The Labute approximate surface area is 191 Å². The summed E-state index contributed by atoms with van der Waals surface area (Å²) >= 11 is 0. The summed E-state index contributed by atoms with van der Waals surface area (Å²) in [7, 11) is 0. The van der Waals surface area contributed by atoms with Crippen LogP contribution >= 0.6 is 0 Å². The monoisotopic (exact) mass is 443 g/mol. The Balaban J connectivity index is 2.68.